The first-order chi connectivity index (χ1) is 14.6. The second-order valence-electron chi connectivity index (χ2n) is 6.37. The molecule has 4 rings (SSSR count). The van der Waals surface area contributed by atoms with Crippen LogP contribution in [0.4, 0.5) is 16.0 Å². The summed E-state index contributed by atoms with van der Waals surface area (Å²) in [5, 5.41) is 5.12. The number of carbonyl (C=O) groups is 2. The summed E-state index contributed by atoms with van der Waals surface area (Å²) in [6.45, 7) is -0.386. The van der Waals surface area contributed by atoms with E-state index in [0.717, 1.165) is 11.0 Å². The third kappa shape index (κ3) is 4.27. The van der Waals surface area contributed by atoms with Gasteiger partial charge in [0.15, 0.2) is 6.61 Å². The summed E-state index contributed by atoms with van der Waals surface area (Å²) in [6.07, 6.45) is 0. The highest BCUT2D eigenvalue weighted by atomic mass is 19.1. The number of nitrogens with one attached hydrogen (secondary N) is 3. The number of aromatic amines is 1. The second kappa shape index (κ2) is 8.44. The minimum absolute atomic E-state index is 0.0574. The molecule has 0 aliphatic carbocycles. The lowest BCUT2D eigenvalue weighted by Crippen LogP contribution is -2.22. The lowest BCUT2D eigenvalue weighted by Gasteiger charge is -2.11. The number of para-hydroxylation sites is 4. The van der Waals surface area contributed by atoms with E-state index in [1.807, 2.05) is 24.3 Å². The molecule has 0 aliphatic rings. The predicted octanol–water partition coefficient (Wildman–Crippen LogP) is 3.97. The summed E-state index contributed by atoms with van der Waals surface area (Å²) in [6, 6.07) is 19.7. The maximum Gasteiger partial charge on any atom is 0.262 e. The number of halogens is 1. The summed E-state index contributed by atoms with van der Waals surface area (Å²) < 4.78 is 19.2. The van der Waals surface area contributed by atoms with Gasteiger partial charge >= 0.3 is 0 Å². The first kappa shape index (κ1) is 19.1. The van der Waals surface area contributed by atoms with Gasteiger partial charge in [0.25, 0.3) is 11.8 Å². The van der Waals surface area contributed by atoms with Gasteiger partial charge in [0.1, 0.15) is 11.6 Å². The highest BCUT2D eigenvalue weighted by Crippen LogP contribution is 2.20. The number of rotatable bonds is 6. The zero-order valence-electron chi connectivity index (χ0n) is 15.7. The number of ether oxygens (including phenoxy) is 1. The van der Waals surface area contributed by atoms with Crippen molar-refractivity contribution in [3.05, 3.63) is 84.2 Å². The van der Waals surface area contributed by atoms with Crippen LogP contribution in [0.2, 0.25) is 0 Å². The Morgan fingerprint density at radius 2 is 1.67 bits per heavy atom. The molecule has 3 aromatic carbocycles. The Hall–Kier alpha value is -4.20. The summed E-state index contributed by atoms with van der Waals surface area (Å²) in [7, 11) is 0. The third-order valence-electron chi connectivity index (χ3n) is 4.26. The molecule has 0 spiro atoms. The Morgan fingerprint density at radius 3 is 2.50 bits per heavy atom. The largest absolute Gasteiger partial charge is 0.483 e. The van der Waals surface area contributed by atoms with Crippen molar-refractivity contribution in [3.8, 4) is 5.75 Å². The van der Waals surface area contributed by atoms with Crippen molar-refractivity contribution in [1.82, 2.24) is 9.97 Å². The van der Waals surface area contributed by atoms with Crippen LogP contribution in [0.3, 0.4) is 0 Å². The second-order valence-corrected chi connectivity index (χ2v) is 6.37. The van der Waals surface area contributed by atoms with Crippen molar-refractivity contribution in [2.75, 3.05) is 17.2 Å². The molecule has 0 fully saturated rings. The van der Waals surface area contributed by atoms with Crippen LogP contribution in [0, 0.1) is 5.82 Å². The number of H-pyrrole nitrogens is 1. The van der Waals surface area contributed by atoms with Gasteiger partial charge in [0.05, 0.1) is 22.3 Å². The summed E-state index contributed by atoms with van der Waals surface area (Å²) in [4.78, 5) is 32.1. The van der Waals surface area contributed by atoms with E-state index in [1.165, 1.54) is 18.2 Å². The minimum Gasteiger partial charge on any atom is -0.483 e. The maximum absolute atomic E-state index is 13.6. The minimum atomic E-state index is -0.549. The van der Waals surface area contributed by atoms with Gasteiger partial charge in [-0.2, -0.15) is 0 Å². The van der Waals surface area contributed by atoms with Gasteiger partial charge in [0, 0.05) is 0 Å². The zero-order chi connectivity index (χ0) is 20.9. The van der Waals surface area contributed by atoms with Crippen molar-refractivity contribution in [2.45, 2.75) is 0 Å². The van der Waals surface area contributed by atoms with Crippen LogP contribution in [0.15, 0.2) is 72.8 Å². The van der Waals surface area contributed by atoms with Gasteiger partial charge in [-0.3, -0.25) is 14.9 Å². The Kier molecular flexibility index (Phi) is 5.38. The monoisotopic (exact) mass is 404 g/mol. The summed E-state index contributed by atoms with van der Waals surface area (Å²) >= 11 is 0. The van der Waals surface area contributed by atoms with Gasteiger partial charge in [-0.1, -0.05) is 36.4 Å². The van der Waals surface area contributed by atoms with Crippen LogP contribution in [-0.2, 0) is 4.79 Å². The summed E-state index contributed by atoms with van der Waals surface area (Å²) in [5.74, 6) is -1.02. The molecular formula is C22H17FN4O3. The third-order valence-corrected chi connectivity index (χ3v) is 4.26. The van der Waals surface area contributed by atoms with Crippen molar-refractivity contribution >= 4 is 34.5 Å². The molecular weight excluding hydrogens is 387 g/mol. The van der Waals surface area contributed by atoms with Crippen molar-refractivity contribution in [1.29, 1.82) is 0 Å². The number of benzene rings is 3. The van der Waals surface area contributed by atoms with Crippen LogP contribution >= 0.6 is 0 Å². The smallest absolute Gasteiger partial charge is 0.262 e. The van der Waals surface area contributed by atoms with Gasteiger partial charge in [0.2, 0.25) is 5.95 Å². The number of hydrogen-bond donors (Lipinski definition) is 3. The molecule has 3 N–H and O–H groups in total. The molecule has 1 heterocycles. The highest BCUT2D eigenvalue weighted by Gasteiger charge is 2.15. The Labute approximate surface area is 170 Å². The number of hydrogen-bond acceptors (Lipinski definition) is 4. The molecule has 0 saturated carbocycles. The zero-order valence-corrected chi connectivity index (χ0v) is 15.7. The topological polar surface area (TPSA) is 96.1 Å². The molecule has 1 aromatic heterocycles. The van der Waals surface area contributed by atoms with Crippen LogP contribution in [0.5, 0.6) is 5.75 Å². The van der Waals surface area contributed by atoms with Crippen molar-refractivity contribution < 1.29 is 18.7 Å². The maximum atomic E-state index is 13.6. The fourth-order valence-electron chi connectivity index (χ4n) is 2.86. The molecule has 0 unspecified atom stereocenters. The number of carbonyl (C=O) groups excluding carboxylic acids is 2. The quantitative estimate of drug-likeness (QED) is 0.453. The van der Waals surface area contributed by atoms with E-state index in [1.54, 1.807) is 30.3 Å². The normalized spacial score (nSPS) is 10.6. The number of amides is 2. The SMILES string of the molecule is O=C(COc1ccccc1C(=O)Nc1nc2ccccc2[nH]1)Nc1ccccc1F. The lowest BCUT2D eigenvalue weighted by atomic mass is 10.2. The van der Waals surface area contributed by atoms with Crippen LogP contribution in [0.25, 0.3) is 11.0 Å². The van der Waals surface area contributed by atoms with E-state index in [9.17, 15) is 14.0 Å². The van der Waals surface area contributed by atoms with E-state index < -0.39 is 17.6 Å². The molecule has 4 aromatic rings. The average molecular weight is 404 g/mol. The molecule has 30 heavy (non-hydrogen) atoms. The molecule has 2 amide bonds. The first-order valence-electron chi connectivity index (χ1n) is 9.12. The number of fused-ring (bicyclic) bond motifs is 1. The van der Waals surface area contributed by atoms with E-state index in [4.69, 9.17) is 4.74 Å². The fraction of sp³-hybridized carbons (Fsp3) is 0.0455. The number of nitrogens with zero attached hydrogens (tertiary/aromatic N) is 1. The van der Waals surface area contributed by atoms with E-state index in [-0.39, 0.29) is 23.6 Å². The molecule has 0 bridgehead atoms. The van der Waals surface area contributed by atoms with Crippen molar-refractivity contribution in [3.63, 3.8) is 0 Å². The molecule has 150 valence electrons. The van der Waals surface area contributed by atoms with E-state index in [2.05, 4.69) is 20.6 Å². The number of anilines is 2. The van der Waals surface area contributed by atoms with E-state index in [0.29, 0.717) is 5.95 Å². The Morgan fingerprint density at radius 1 is 0.933 bits per heavy atom. The van der Waals surface area contributed by atoms with Gasteiger partial charge in [-0.25, -0.2) is 9.37 Å². The fourth-order valence-corrected chi connectivity index (χ4v) is 2.86. The molecule has 0 radical (unpaired) electrons. The van der Waals surface area contributed by atoms with Crippen LogP contribution < -0.4 is 15.4 Å². The van der Waals surface area contributed by atoms with Gasteiger partial charge in [-0.05, 0) is 36.4 Å². The highest BCUT2D eigenvalue weighted by molar-refractivity contribution is 6.06. The standard InChI is InChI=1S/C22H17FN4O3/c23-15-8-2-3-9-16(15)24-20(28)13-30-19-12-6-1-7-14(19)21(29)27-22-25-17-10-4-5-11-18(17)26-22/h1-12H,13H2,(H,24,28)(H2,25,26,27,29). The van der Waals surface area contributed by atoms with Crippen LogP contribution in [-0.4, -0.2) is 28.4 Å². The van der Waals surface area contributed by atoms with Gasteiger partial charge in [-0.15, -0.1) is 0 Å². The number of aromatic nitrogens is 2. The van der Waals surface area contributed by atoms with Crippen LogP contribution in [0.1, 0.15) is 10.4 Å². The molecule has 0 atom stereocenters. The number of imidazole rings is 1. The lowest BCUT2D eigenvalue weighted by molar-refractivity contribution is -0.118. The van der Waals surface area contributed by atoms with Crippen molar-refractivity contribution in [2.24, 2.45) is 0 Å². The Bertz CT molecular complexity index is 1190. The molecule has 7 nitrogen and oxygen atoms in total. The first-order valence-corrected chi connectivity index (χ1v) is 9.12. The predicted molar refractivity (Wildman–Crippen MR) is 111 cm³/mol. The molecule has 8 heteroatoms. The van der Waals surface area contributed by atoms with E-state index >= 15 is 0 Å². The summed E-state index contributed by atoms with van der Waals surface area (Å²) in [5.41, 5.74) is 1.81. The Balaban J connectivity index is 1.43. The van der Waals surface area contributed by atoms with Gasteiger partial charge < -0.3 is 15.0 Å². The molecule has 0 aliphatic heterocycles. The average Bonchev–Trinajstić information content (AvgIpc) is 3.16. The molecule has 0 saturated heterocycles.